The van der Waals surface area contributed by atoms with E-state index in [-0.39, 0.29) is 0 Å². The van der Waals surface area contributed by atoms with Gasteiger partial charge in [-0.3, -0.25) is 0 Å². The summed E-state index contributed by atoms with van der Waals surface area (Å²) < 4.78 is 32.0. The Morgan fingerprint density at radius 2 is 0.600 bits per heavy atom. The van der Waals surface area contributed by atoms with Crippen LogP contribution >= 0.6 is 14.3 Å². The molecule has 200 valence electrons. The van der Waals surface area contributed by atoms with Crippen LogP contribution in [0, 0.1) is 11.8 Å². The summed E-state index contributed by atoms with van der Waals surface area (Å²) in [6, 6.07) is 0. The fourth-order valence-electron chi connectivity index (χ4n) is 10.9. The molecule has 6 aliphatic carbocycles. The minimum Gasteiger partial charge on any atom is -0.323 e. The normalized spacial score (nSPS) is 37.1. The van der Waals surface area contributed by atoms with Crippen molar-refractivity contribution >= 4 is 14.3 Å². The van der Waals surface area contributed by atoms with Crippen molar-refractivity contribution in [1.29, 1.82) is 0 Å². The first-order valence-electron chi connectivity index (χ1n) is 16.3. The van der Waals surface area contributed by atoms with E-state index in [4.69, 9.17) is 0 Å². The molecule has 4 atom stereocenters. The van der Waals surface area contributed by atoms with Crippen LogP contribution in [0.2, 0.25) is 0 Å². The number of fused-ring (bicyclic) bond motifs is 2. The van der Waals surface area contributed by atoms with Crippen molar-refractivity contribution in [3.63, 3.8) is 0 Å². The van der Waals surface area contributed by atoms with Crippen LogP contribution in [0.1, 0.15) is 148 Å². The molecule has 35 heavy (non-hydrogen) atoms. The van der Waals surface area contributed by atoms with Crippen LogP contribution in [0.5, 0.6) is 0 Å². The summed E-state index contributed by atoms with van der Waals surface area (Å²) in [5, 5.41) is 0. The van der Waals surface area contributed by atoms with Gasteiger partial charge in [-0.05, 0) is 82.5 Å². The maximum Gasteiger partial charge on any atom is 0.0975 e. The molecule has 4 heteroatoms. The topological polar surface area (TPSA) is 34.1 Å². The third-order valence-corrected chi connectivity index (χ3v) is 22.6. The van der Waals surface area contributed by atoms with Crippen molar-refractivity contribution in [3.8, 4) is 0 Å². The van der Waals surface area contributed by atoms with Crippen LogP contribution in [0.4, 0.5) is 0 Å². The average Bonchev–Trinajstić information content (AvgIpc) is 3.57. The Kier molecular flexibility index (Phi) is 8.02. The van der Waals surface area contributed by atoms with Crippen molar-refractivity contribution in [2.24, 2.45) is 11.8 Å². The van der Waals surface area contributed by atoms with Gasteiger partial charge in [-0.15, -0.1) is 0 Å². The number of hydrogen-bond acceptors (Lipinski definition) is 2. The SMILES string of the molecule is O=P(C1CCCCC1)(C1CCCCC1)C1C(P(=O)(C2CCCCC2)C2CCCCC2)[C@H]2CC[C@@H]1C2. The zero-order chi connectivity index (χ0) is 23.9. The lowest BCUT2D eigenvalue weighted by Crippen LogP contribution is -2.44. The van der Waals surface area contributed by atoms with E-state index in [1.54, 1.807) is 0 Å². The molecular formula is C31H54O2P2. The Hall–Kier alpha value is 0.460. The first-order chi connectivity index (χ1) is 17.1. The molecule has 0 heterocycles. The van der Waals surface area contributed by atoms with Gasteiger partial charge < -0.3 is 9.13 Å². The summed E-state index contributed by atoms with van der Waals surface area (Å²) >= 11 is 0. The van der Waals surface area contributed by atoms with E-state index in [0.29, 0.717) is 45.8 Å². The summed E-state index contributed by atoms with van der Waals surface area (Å²) in [6.45, 7) is 0. The van der Waals surface area contributed by atoms with Gasteiger partial charge in [0.05, 0.1) is 14.3 Å². The summed E-state index contributed by atoms with van der Waals surface area (Å²) in [4.78, 5) is 0. The van der Waals surface area contributed by atoms with Crippen molar-refractivity contribution in [2.45, 2.75) is 182 Å². The zero-order valence-electron chi connectivity index (χ0n) is 22.6. The molecule has 0 aromatic carbocycles. The fourth-order valence-corrected chi connectivity index (χ4v) is 23.3. The number of rotatable bonds is 6. The second-order valence-corrected chi connectivity index (χ2v) is 21.2. The van der Waals surface area contributed by atoms with Gasteiger partial charge in [-0.1, -0.05) is 77.0 Å². The first kappa shape index (κ1) is 25.7. The molecule has 2 unspecified atom stereocenters. The molecule has 0 saturated heterocycles. The lowest BCUT2D eigenvalue weighted by Gasteiger charge is -2.51. The Bertz CT molecular complexity index is 689. The molecule has 0 aromatic heterocycles. The summed E-state index contributed by atoms with van der Waals surface area (Å²) in [5.41, 5.74) is 2.66. The lowest BCUT2D eigenvalue weighted by molar-refractivity contribution is 0.392. The largest absolute Gasteiger partial charge is 0.323 e. The maximum atomic E-state index is 16.0. The Labute approximate surface area is 216 Å². The van der Waals surface area contributed by atoms with Crippen LogP contribution in [0.25, 0.3) is 0 Å². The number of hydrogen-bond donors (Lipinski definition) is 0. The van der Waals surface area contributed by atoms with E-state index in [1.165, 1.54) is 148 Å². The van der Waals surface area contributed by atoms with E-state index in [0.717, 1.165) is 0 Å². The molecule has 0 radical (unpaired) electrons. The predicted molar refractivity (Wildman–Crippen MR) is 151 cm³/mol. The summed E-state index contributed by atoms with van der Waals surface area (Å²) in [6.07, 6.45) is 29.6. The van der Waals surface area contributed by atoms with Crippen LogP contribution in [-0.4, -0.2) is 34.0 Å². The third-order valence-electron chi connectivity index (χ3n) is 12.3. The molecule has 6 rings (SSSR count). The molecule has 0 amide bonds. The Morgan fingerprint density at radius 3 is 0.857 bits per heavy atom. The molecule has 6 saturated carbocycles. The van der Waals surface area contributed by atoms with Crippen molar-refractivity contribution < 1.29 is 9.13 Å². The van der Waals surface area contributed by atoms with Crippen LogP contribution in [-0.2, 0) is 9.13 Å². The minimum absolute atomic E-state index is 0.363. The van der Waals surface area contributed by atoms with Crippen molar-refractivity contribution in [1.82, 2.24) is 0 Å². The van der Waals surface area contributed by atoms with Gasteiger partial charge >= 0.3 is 0 Å². The summed E-state index contributed by atoms with van der Waals surface area (Å²) in [7, 11) is -4.77. The predicted octanol–water partition coefficient (Wildman–Crippen LogP) is 10.2. The van der Waals surface area contributed by atoms with E-state index in [9.17, 15) is 0 Å². The van der Waals surface area contributed by atoms with Gasteiger partial charge in [0, 0.05) is 34.0 Å². The highest BCUT2D eigenvalue weighted by Crippen LogP contribution is 2.81. The van der Waals surface area contributed by atoms with Gasteiger partial charge in [0.2, 0.25) is 0 Å². The highest BCUT2D eigenvalue weighted by molar-refractivity contribution is 7.70. The van der Waals surface area contributed by atoms with E-state index in [2.05, 4.69) is 0 Å². The molecular weight excluding hydrogens is 466 g/mol. The highest BCUT2D eigenvalue weighted by Gasteiger charge is 2.65. The molecule has 2 nitrogen and oxygen atoms in total. The van der Waals surface area contributed by atoms with Gasteiger partial charge in [-0.25, -0.2) is 0 Å². The lowest BCUT2D eigenvalue weighted by atomic mass is 9.98. The highest BCUT2D eigenvalue weighted by atomic mass is 31.2. The molecule has 0 aromatic rings. The van der Waals surface area contributed by atoms with E-state index >= 15 is 9.13 Å². The van der Waals surface area contributed by atoms with Crippen LogP contribution in [0.15, 0.2) is 0 Å². The first-order valence-corrected chi connectivity index (χ1v) is 20.1. The van der Waals surface area contributed by atoms with Crippen molar-refractivity contribution in [3.05, 3.63) is 0 Å². The second-order valence-electron chi connectivity index (χ2n) is 14.0. The molecule has 6 aliphatic rings. The molecule has 0 N–H and O–H groups in total. The summed E-state index contributed by atoms with van der Waals surface area (Å²) in [5.74, 6) is 1.31. The van der Waals surface area contributed by atoms with Crippen molar-refractivity contribution in [2.75, 3.05) is 0 Å². The molecule has 0 spiro atoms. The molecule has 0 aliphatic heterocycles. The average molecular weight is 521 g/mol. The fraction of sp³-hybridized carbons (Fsp3) is 1.00. The van der Waals surface area contributed by atoms with Crippen LogP contribution < -0.4 is 0 Å². The smallest absolute Gasteiger partial charge is 0.0975 e. The second kappa shape index (κ2) is 10.9. The molecule has 6 fully saturated rings. The third kappa shape index (κ3) is 4.54. The van der Waals surface area contributed by atoms with E-state index in [1.807, 2.05) is 0 Å². The maximum absolute atomic E-state index is 16.0. The monoisotopic (exact) mass is 520 g/mol. The quantitative estimate of drug-likeness (QED) is 0.326. The minimum atomic E-state index is -2.39. The van der Waals surface area contributed by atoms with Gasteiger partial charge in [0.25, 0.3) is 0 Å². The Balaban J connectivity index is 1.43. The van der Waals surface area contributed by atoms with Gasteiger partial charge in [0.1, 0.15) is 0 Å². The van der Waals surface area contributed by atoms with Gasteiger partial charge in [0.15, 0.2) is 0 Å². The van der Waals surface area contributed by atoms with Crippen LogP contribution in [0.3, 0.4) is 0 Å². The standard InChI is InChI=1S/C31H54O2P2/c32-34(26-13-5-1-6-14-26,27-15-7-2-8-16-27)30-24-21-22-25(23-24)31(30)35(33,28-17-9-3-10-18-28)29-19-11-4-12-20-29/h24-31H,1-23H2/t24-,25+,30?,31?. The molecule has 2 bridgehead atoms. The zero-order valence-corrected chi connectivity index (χ0v) is 24.4. The van der Waals surface area contributed by atoms with Gasteiger partial charge in [-0.2, -0.15) is 0 Å². The van der Waals surface area contributed by atoms with E-state index < -0.39 is 14.3 Å². The Morgan fingerprint density at radius 1 is 0.343 bits per heavy atom.